The first-order chi connectivity index (χ1) is 17.9. The van der Waals surface area contributed by atoms with E-state index in [4.69, 9.17) is 4.74 Å². The van der Waals surface area contributed by atoms with Crippen LogP contribution < -0.4 is 0 Å². The lowest BCUT2D eigenvalue weighted by molar-refractivity contribution is -0.0902. The topological polar surface area (TPSA) is 46.6 Å². The zero-order chi connectivity index (χ0) is 25.7. The summed E-state index contributed by atoms with van der Waals surface area (Å²) in [5.41, 5.74) is 5.25. The number of aryl methyl sites for hydroxylation is 1. The lowest BCUT2D eigenvalue weighted by Crippen LogP contribution is -2.67. The molecule has 6 rings (SSSR count). The van der Waals surface area contributed by atoms with Crippen LogP contribution in [0, 0.1) is 23.7 Å². The lowest BCUT2D eigenvalue weighted by Gasteiger charge is -2.64. The molecule has 1 saturated heterocycles. The Morgan fingerprint density at radius 3 is 2.59 bits per heavy atom. The molecule has 196 valence electrons. The van der Waals surface area contributed by atoms with Crippen LogP contribution in [0.5, 0.6) is 0 Å². The van der Waals surface area contributed by atoms with E-state index in [0.29, 0.717) is 30.6 Å². The molecule has 2 aromatic rings. The third-order valence-corrected chi connectivity index (χ3v) is 11.9. The molecule has 37 heavy (non-hydrogen) atoms. The number of hydrogen-bond donors (Lipinski definition) is 0. The highest BCUT2D eigenvalue weighted by molar-refractivity contribution is 7.89. The van der Waals surface area contributed by atoms with Gasteiger partial charge in [-0.2, -0.15) is 4.31 Å². The number of allylic oxidation sites excluding steroid dienone is 2. The summed E-state index contributed by atoms with van der Waals surface area (Å²) >= 11 is 0. The van der Waals surface area contributed by atoms with Crippen molar-refractivity contribution in [1.29, 1.82) is 0 Å². The minimum Gasteiger partial charge on any atom is -0.377 e. The molecule has 5 heteroatoms. The fourth-order valence-corrected chi connectivity index (χ4v) is 9.78. The quantitative estimate of drug-likeness (QED) is 0.299. The molecule has 4 aliphatic rings. The van der Waals surface area contributed by atoms with Crippen molar-refractivity contribution >= 4 is 10.0 Å². The van der Waals surface area contributed by atoms with Crippen molar-refractivity contribution in [3.63, 3.8) is 0 Å². The number of piperidine rings is 1. The Balaban J connectivity index is 1.41. The van der Waals surface area contributed by atoms with Crippen LogP contribution >= 0.6 is 0 Å². The number of hydrogen-bond acceptors (Lipinski definition) is 3. The number of nitrogens with zero attached hydrogens (tertiary/aromatic N) is 1. The molecular weight excluding hydrogens is 478 g/mol. The van der Waals surface area contributed by atoms with Crippen molar-refractivity contribution in [3.05, 3.63) is 89.0 Å². The van der Waals surface area contributed by atoms with Gasteiger partial charge < -0.3 is 4.74 Å². The van der Waals surface area contributed by atoms with Crippen molar-refractivity contribution in [2.24, 2.45) is 16.7 Å². The Kier molecular flexibility index (Phi) is 6.45. The predicted molar refractivity (Wildman–Crippen MR) is 147 cm³/mol. The maximum atomic E-state index is 14.2. The average Bonchev–Trinajstić information content (AvgIpc) is 3.34. The molecule has 3 aliphatic carbocycles. The van der Waals surface area contributed by atoms with Crippen LogP contribution in [0.3, 0.4) is 0 Å². The van der Waals surface area contributed by atoms with Crippen LogP contribution in [-0.2, 0) is 21.4 Å². The highest BCUT2D eigenvalue weighted by Gasteiger charge is 2.65. The van der Waals surface area contributed by atoms with Crippen LogP contribution in [0.1, 0.15) is 63.0 Å². The van der Waals surface area contributed by atoms with E-state index >= 15 is 0 Å². The Labute approximate surface area is 222 Å². The average molecular weight is 518 g/mol. The fourth-order valence-electron chi connectivity index (χ4n) is 8.11. The Hall–Kier alpha value is -2.21. The van der Waals surface area contributed by atoms with Crippen molar-refractivity contribution in [1.82, 2.24) is 4.31 Å². The van der Waals surface area contributed by atoms with Gasteiger partial charge in [-0.1, -0.05) is 78.3 Å². The Morgan fingerprint density at radius 1 is 1.03 bits per heavy atom. The molecule has 1 aliphatic heterocycles. The van der Waals surface area contributed by atoms with E-state index in [0.717, 1.165) is 37.7 Å². The number of ether oxygens (including phenoxy) is 1. The normalized spacial score (nSPS) is 31.3. The maximum Gasteiger partial charge on any atom is 0.243 e. The molecule has 0 spiro atoms. The second-order valence-corrected chi connectivity index (χ2v) is 13.7. The van der Waals surface area contributed by atoms with E-state index in [-0.39, 0.29) is 16.9 Å². The van der Waals surface area contributed by atoms with Crippen LogP contribution in [0.15, 0.2) is 82.8 Å². The maximum absolute atomic E-state index is 14.2. The summed E-state index contributed by atoms with van der Waals surface area (Å²) < 4.78 is 36.7. The van der Waals surface area contributed by atoms with Gasteiger partial charge in [0.1, 0.15) is 0 Å². The molecule has 0 aromatic heterocycles. The highest BCUT2D eigenvalue weighted by Crippen LogP contribution is 2.68. The van der Waals surface area contributed by atoms with Crippen LogP contribution in [0.4, 0.5) is 0 Å². The summed E-state index contributed by atoms with van der Waals surface area (Å²) in [6.45, 7) is 6.30. The van der Waals surface area contributed by atoms with Crippen LogP contribution in [0.2, 0.25) is 0 Å². The third-order valence-electron chi connectivity index (χ3n) is 10.0. The van der Waals surface area contributed by atoms with Crippen LogP contribution in [-0.4, -0.2) is 31.9 Å². The third kappa shape index (κ3) is 3.97. The number of benzene rings is 2. The lowest BCUT2D eigenvalue weighted by atomic mass is 9.46. The molecule has 1 heterocycles. The van der Waals surface area contributed by atoms with Gasteiger partial charge in [0.25, 0.3) is 0 Å². The van der Waals surface area contributed by atoms with Gasteiger partial charge in [0.05, 0.1) is 17.5 Å². The molecule has 0 unspecified atom stereocenters. The molecule has 2 aromatic carbocycles. The zero-order valence-corrected chi connectivity index (χ0v) is 23.0. The molecule has 0 radical (unpaired) electrons. The summed E-state index contributed by atoms with van der Waals surface area (Å²) in [5.74, 6) is 0.327. The molecule has 0 amide bonds. The van der Waals surface area contributed by atoms with Crippen molar-refractivity contribution < 1.29 is 13.2 Å². The summed E-state index contributed by atoms with van der Waals surface area (Å²) in [6, 6.07) is 17.6. The van der Waals surface area contributed by atoms with Crippen LogP contribution in [0.25, 0.3) is 0 Å². The first-order valence-electron chi connectivity index (χ1n) is 13.9. The number of sulfonamides is 1. The minimum absolute atomic E-state index is 0.0310. The smallest absolute Gasteiger partial charge is 0.243 e. The first-order valence-corrected chi connectivity index (χ1v) is 15.4. The minimum atomic E-state index is -3.64. The summed E-state index contributed by atoms with van der Waals surface area (Å²) in [4.78, 5) is 0.411. The fraction of sp³-hybridized carbons (Fsp3) is 0.500. The molecule has 4 bridgehead atoms. The van der Waals surface area contributed by atoms with E-state index < -0.39 is 10.0 Å². The Morgan fingerprint density at radius 2 is 1.81 bits per heavy atom. The highest BCUT2D eigenvalue weighted by atomic mass is 32.2. The van der Waals surface area contributed by atoms with E-state index in [2.05, 4.69) is 31.2 Å². The predicted octanol–water partition coefficient (Wildman–Crippen LogP) is 6.82. The van der Waals surface area contributed by atoms with Crippen molar-refractivity contribution in [2.45, 2.75) is 76.3 Å². The van der Waals surface area contributed by atoms with Gasteiger partial charge >= 0.3 is 0 Å². The van der Waals surface area contributed by atoms with Gasteiger partial charge in [0.2, 0.25) is 10.0 Å². The van der Waals surface area contributed by atoms with E-state index in [9.17, 15) is 8.42 Å². The molecule has 0 saturated carbocycles. The van der Waals surface area contributed by atoms with Gasteiger partial charge in [-0.25, -0.2) is 8.42 Å². The molecular formula is C32H39NO3S. The standard InChI is InChI=1S/C32H39NO3S/c1-24-13-17-28(18-14-24)37(34,35)33-22-27-16-15-26-10-6-11-29(26)32(30(33)12-7-19-31(27,32)2)20-21-36-23-25-8-4-3-5-9-25/h3-5,7-9,12-14,17-18,27,30H,6,10-11,15-16,19-23H2,1-2H3/t27-,30+,31+,32+/m1/s1. The second kappa shape index (κ2) is 9.52. The second-order valence-electron chi connectivity index (χ2n) is 11.8. The largest absolute Gasteiger partial charge is 0.377 e. The van der Waals surface area contributed by atoms with Gasteiger partial charge in [0.15, 0.2) is 0 Å². The van der Waals surface area contributed by atoms with Gasteiger partial charge in [-0.15, -0.1) is 0 Å². The monoisotopic (exact) mass is 517 g/mol. The van der Waals surface area contributed by atoms with Gasteiger partial charge in [0, 0.05) is 18.6 Å². The van der Waals surface area contributed by atoms with Crippen molar-refractivity contribution in [2.75, 3.05) is 13.2 Å². The molecule has 1 fully saturated rings. The summed E-state index contributed by atoms with van der Waals surface area (Å²) in [5, 5.41) is 0. The molecule has 0 N–H and O–H groups in total. The zero-order valence-electron chi connectivity index (χ0n) is 22.2. The number of rotatable bonds is 7. The van der Waals surface area contributed by atoms with E-state index in [1.165, 1.54) is 18.4 Å². The van der Waals surface area contributed by atoms with Gasteiger partial charge in [-0.3, -0.25) is 0 Å². The van der Waals surface area contributed by atoms with E-state index in [1.54, 1.807) is 23.3 Å². The molecule has 4 nitrogen and oxygen atoms in total. The van der Waals surface area contributed by atoms with Crippen molar-refractivity contribution in [3.8, 4) is 0 Å². The SMILES string of the molecule is Cc1ccc(S(=O)(=O)N2C[C@H]3CCC4=C(CCC4)[C@@]4(CCOCc5ccccc5)[C@@H]2C=CC[C@@]34C)cc1. The summed E-state index contributed by atoms with van der Waals surface area (Å²) in [6.07, 6.45) is 12.0. The first kappa shape index (κ1) is 25.1. The van der Waals surface area contributed by atoms with E-state index in [1.807, 2.05) is 41.6 Å². The molecule has 4 atom stereocenters. The summed E-state index contributed by atoms with van der Waals surface area (Å²) in [7, 11) is -3.64. The van der Waals surface area contributed by atoms with Gasteiger partial charge in [-0.05, 0) is 80.9 Å². The Bertz CT molecular complexity index is 1310.